The molecule has 1 atom stereocenters. The van der Waals surface area contributed by atoms with Crippen molar-refractivity contribution < 1.29 is 5.11 Å². The maximum atomic E-state index is 9.32. The molecule has 0 aromatic heterocycles. The molecule has 1 unspecified atom stereocenters. The Balaban J connectivity index is 2.05. The second-order valence-electron chi connectivity index (χ2n) is 3.40. The van der Waals surface area contributed by atoms with E-state index in [1.807, 2.05) is 11.8 Å². The maximum Gasteiger partial charge on any atom is 0.0727 e. The van der Waals surface area contributed by atoms with Crippen molar-refractivity contribution in [2.75, 3.05) is 11.1 Å². The molecule has 1 rings (SSSR count). The standard InChI is InChI=1S/C9H17BrOS/c10-6-8(11)7-12-9-4-2-1-3-5-9/h8-9,11H,1-7H2. The molecule has 3 heteroatoms. The van der Waals surface area contributed by atoms with Crippen LogP contribution in [0.25, 0.3) is 0 Å². The largest absolute Gasteiger partial charge is 0.391 e. The summed E-state index contributed by atoms with van der Waals surface area (Å²) >= 11 is 5.23. The third-order valence-corrected chi connectivity index (χ3v) is 4.52. The molecule has 0 saturated heterocycles. The van der Waals surface area contributed by atoms with E-state index in [0.29, 0.717) is 5.33 Å². The first kappa shape index (κ1) is 10.9. The molecule has 1 aliphatic rings. The van der Waals surface area contributed by atoms with Gasteiger partial charge in [-0.05, 0) is 12.8 Å². The number of alkyl halides is 1. The highest BCUT2D eigenvalue weighted by atomic mass is 79.9. The quantitative estimate of drug-likeness (QED) is 0.777. The van der Waals surface area contributed by atoms with Gasteiger partial charge >= 0.3 is 0 Å². The number of halogens is 1. The maximum absolute atomic E-state index is 9.32. The van der Waals surface area contributed by atoms with E-state index in [4.69, 9.17) is 0 Å². The summed E-state index contributed by atoms with van der Waals surface area (Å²) in [7, 11) is 0. The summed E-state index contributed by atoms with van der Waals surface area (Å²) in [6.45, 7) is 0. The monoisotopic (exact) mass is 252 g/mol. The summed E-state index contributed by atoms with van der Waals surface area (Å²) in [6.07, 6.45) is 6.76. The van der Waals surface area contributed by atoms with Gasteiger partial charge in [-0.15, -0.1) is 0 Å². The molecule has 0 aromatic carbocycles. The van der Waals surface area contributed by atoms with Crippen LogP contribution in [-0.4, -0.2) is 27.5 Å². The molecule has 0 heterocycles. The Kier molecular flexibility index (Phi) is 5.68. The van der Waals surface area contributed by atoms with Crippen LogP contribution < -0.4 is 0 Å². The SMILES string of the molecule is OC(CBr)CSC1CCCCC1. The smallest absolute Gasteiger partial charge is 0.0727 e. The first-order chi connectivity index (χ1) is 5.83. The Morgan fingerprint density at radius 2 is 2.00 bits per heavy atom. The van der Waals surface area contributed by atoms with Crippen LogP contribution in [0.3, 0.4) is 0 Å². The highest BCUT2D eigenvalue weighted by Gasteiger charge is 2.14. The van der Waals surface area contributed by atoms with Gasteiger partial charge < -0.3 is 5.11 Å². The molecular formula is C9H17BrOS. The molecule has 12 heavy (non-hydrogen) atoms. The van der Waals surface area contributed by atoms with E-state index >= 15 is 0 Å². The molecule has 0 bridgehead atoms. The van der Waals surface area contributed by atoms with E-state index in [1.165, 1.54) is 32.1 Å². The molecule has 1 fully saturated rings. The summed E-state index contributed by atoms with van der Waals surface area (Å²) in [5.41, 5.74) is 0. The van der Waals surface area contributed by atoms with Crippen LogP contribution in [0.2, 0.25) is 0 Å². The fourth-order valence-electron chi connectivity index (χ4n) is 1.52. The van der Waals surface area contributed by atoms with Crippen molar-refractivity contribution in [3.63, 3.8) is 0 Å². The second kappa shape index (κ2) is 6.28. The summed E-state index contributed by atoms with van der Waals surface area (Å²) < 4.78 is 0. The predicted octanol–water partition coefficient (Wildman–Crippen LogP) is 2.81. The average Bonchev–Trinajstić information content (AvgIpc) is 2.16. The zero-order valence-electron chi connectivity index (χ0n) is 7.34. The average molecular weight is 253 g/mol. The minimum Gasteiger partial charge on any atom is -0.391 e. The molecule has 0 spiro atoms. The van der Waals surface area contributed by atoms with E-state index in [9.17, 15) is 5.11 Å². The molecule has 72 valence electrons. The van der Waals surface area contributed by atoms with Crippen molar-refractivity contribution in [2.24, 2.45) is 0 Å². The van der Waals surface area contributed by atoms with Crippen LogP contribution in [0.5, 0.6) is 0 Å². The topological polar surface area (TPSA) is 20.2 Å². The normalized spacial score (nSPS) is 22.5. The van der Waals surface area contributed by atoms with Gasteiger partial charge in [-0.1, -0.05) is 35.2 Å². The highest BCUT2D eigenvalue weighted by molar-refractivity contribution is 9.09. The molecule has 0 radical (unpaired) electrons. The van der Waals surface area contributed by atoms with Gasteiger partial charge in [0, 0.05) is 16.3 Å². The van der Waals surface area contributed by atoms with Crippen LogP contribution in [0.1, 0.15) is 32.1 Å². The lowest BCUT2D eigenvalue weighted by Crippen LogP contribution is -2.16. The van der Waals surface area contributed by atoms with E-state index in [-0.39, 0.29) is 6.10 Å². The number of aliphatic hydroxyl groups excluding tert-OH is 1. The Labute approximate surface area is 87.4 Å². The van der Waals surface area contributed by atoms with Crippen LogP contribution in [-0.2, 0) is 0 Å². The van der Waals surface area contributed by atoms with E-state index in [0.717, 1.165) is 11.0 Å². The van der Waals surface area contributed by atoms with Gasteiger partial charge in [0.15, 0.2) is 0 Å². The van der Waals surface area contributed by atoms with Crippen LogP contribution in [0.4, 0.5) is 0 Å². The summed E-state index contributed by atoms with van der Waals surface area (Å²) in [4.78, 5) is 0. The van der Waals surface area contributed by atoms with E-state index in [2.05, 4.69) is 15.9 Å². The number of hydrogen-bond acceptors (Lipinski definition) is 2. The second-order valence-corrected chi connectivity index (χ2v) is 5.38. The summed E-state index contributed by atoms with van der Waals surface area (Å²) in [6, 6.07) is 0. The van der Waals surface area contributed by atoms with Gasteiger partial charge in [-0.2, -0.15) is 11.8 Å². The van der Waals surface area contributed by atoms with Crippen LogP contribution in [0.15, 0.2) is 0 Å². The molecule has 1 saturated carbocycles. The Morgan fingerprint density at radius 3 is 2.58 bits per heavy atom. The van der Waals surface area contributed by atoms with Crippen molar-refractivity contribution in [3.8, 4) is 0 Å². The number of thioether (sulfide) groups is 1. The van der Waals surface area contributed by atoms with Gasteiger partial charge in [-0.25, -0.2) is 0 Å². The van der Waals surface area contributed by atoms with Crippen molar-refractivity contribution in [3.05, 3.63) is 0 Å². The third kappa shape index (κ3) is 4.15. The van der Waals surface area contributed by atoms with Gasteiger partial charge in [0.05, 0.1) is 6.10 Å². The number of rotatable bonds is 4. The lowest BCUT2D eigenvalue weighted by molar-refractivity contribution is 0.226. The fraction of sp³-hybridized carbons (Fsp3) is 1.00. The molecular weight excluding hydrogens is 236 g/mol. The molecule has 0 aliphatic heterocycles. The van der Waals surface area contributed by atoms with Crippen molar-refractivity contribution in [1.29, 1.82) is 0 Å². The Bertz CT molecular complexity index is 115. The molecule has 1 nitrogen and oxygen atoms in total. The summed E-state index contributed by atoms with van der Waals surface area (Å²) in [5.74, 6) is 0.899. The molecule has 1 N–H and O–H groups in total. The minimum absolute atomic E-state index is 0.156. The lowest BCUT2D eigenvalue weighted by Gasteiger charge is -2.21. The first-order valence-corrected chi connectivity index (χ1v) is 6.85. The molecule has 1 aliphatic carbocycles. The minimum atomic E-state index is -0.156. The Hall–Kier alpha value is 0.790. The van der Waals surface area contributed by atoms with Crippen LogP contribution in [0, 0.1) is 0 Å². The van der Waals surface area contributed by atoms with E-state index in [1.54, 1.807) is 0 Å². The van der Waals surface area contributed by atoms with Gasteiger partial charge in [0.2, 0.25) is 0 Å². The summed E-state index contributed by atoms with van der Waals surface area (Å²) in [5, 5.41) is 10.9. The third-order valence-electron chi connectivity index (χ3n) is 2.25. The lowest BCUT2D eigenvalue weighted by atomic mass is 10.0. The fourth-order valence-corrected chi connectivity index (χ4v) is 3.33. The van der Waals surface area contributed by atoms with Gasteiger partial charge in [0.25, 0.3) is 0 Å². The zero-order chi connectivity index (χ0) is 8.81. The van der Waals surface area contributed by atoms with Crippen molar-refractivity contribution in [1.82, 2.24) is 0 Å². The predicted molar refractivity (Wildman–Crippen MR) is 59.1 cm³/mol. The van der Waals surface area contributed by atoms with Crippen molar-refractivity contribution in [2.45, 2.75) is 43.5 Å². The molecule has 0 amide bonds. The van der Waals surface area contributed by atoms with E-state index < -0.39 is 0 Å². The Morgan fingerprint density at radius 1 is 1.33 bits per heavy atom. The van der Waals surface area contributed by atoms with Crippen molar-refractivity contribution >= 4 is 27.7 Å². The number of aliphatic hydroxyl groups is 1. The number of hydrogen-bond donors (Lipinski definition) is 1. The first-order valence-electron chi connectivity index (χ1n) is 4.68. The zero-order valence-corrected chi connectivity index (χ0v) is 9.74. The highest BCUT2D eigenvalue weighted by Crippen LogP contribution is 2.28. The van der Waals surface area contributed by atoms with Gasteiger partial charge in [-0.3, -0.25) is 0 Å². The van der Waals surface area contributed by atoms with Crippen LogP contribution >= 0.6 is 27.7 Å². The molecule has 0 aromatic rings. The van der Waals surface area contributed by atoms with Gasteiger partial charge in [0.1, 0.15) is 0 Å².